The van der Waals surface area contributed by atoms with Crippen molar-refractivity contribution in [2.75, 3.05) is 26.2 Å². The Balaban J connectivity index is 1.62. The number of hydrogen-bond donors (Lipinski definition) is 1. The molecule has 0 amide bonds. The summed E-state index contributed by atoms with van der Waals surface area (Å²) >= 11 is 0. The van der Waals surface area contributed by atoms with Crippen LogP contribution in [-0.4, -0.2) is 52.2 Å². The van der Waals surface area contributed by atoms with Crippen molar-refractivity contribution in [1.29, 1.82) is 0 Å². The van der Waals surface area contributed by atoms with E-state index in [0.717, 1.165) is 56.1 Å². The minimum atomic E-state index is -0.197. The molecule has 1 saturated heterocycles. The molecule has 0 radical (unpaired) electrons. The zero-order valence-electron chi connectivity index (χ0n) is 14.7. The molecular formula is C20H26FN3O. The van der Waals surface area contributed by atoms with Crippen LogP contribution >= 0.6 is 0 Å². The van der Waals surface area contributed by atoms with Crippen molar-refractivity contribution >= 4 is 0 Å². The Morgan fingerprint density at radius 3 is 2.64 bits per heavy atom. The number of piperazine rings is 1. The van der Waals surface area contributed by atoms with Gasteiger partial charge in [0.25, 0.3) is 0 Å². The molecule has 1 N–H and O–H groups in total. The number of aliphatic hydroxyl groups excluding tert-OH is 1. The normalized spacial score (nSPS) is 19.2. The predicted molar refractivity (Wildman–Crippen MR) is 96.6 cm³/mol. The molecule has 1 aromatic carbocycles. The van der Waals surface area contributed by atoms with Crippen LogP contribution in [0.25, 0.3) is 0 Å². The lowest BCUT2D eigenvalue weighted by Gasteiger charge is -2.41. The number of pyridine rings is 1. The molecule has 1 fully saturated rings. The van der Waals surface area contributed by atoms with E-state index in [-0.39, 0.29) is 12.4 Å². The number of aryl methyl sites for hydroxylation is 1. The van der Waals surface area contributed by atoms with E-state index in [2.05, 4.69) is 20.9 Å². The Labute approximate surface area is 148 Å². The fraction of sp³-hybridized carbons (Fsp3) is 0.450. The first-order chi connectivity index (χ1) is 12.1. The van der Waals surface area contributed by atoms with Crippen LogP contribution in [0.15, 0.2) is 42.5 Å². The number of hydrogen-bond acceptors (Lipinski definition) is 4. The van der Waals surface area contributed by atoms with Crippen LogP contribution in [0.1, 0.15) is 23.4 Å². The lowest BCUT2D eigenvalue weighted by Crippen LogP contribution is -2.52. The van der Waals surface area contributed by atoms with Crippen LogP contribution in [0, 0.1) is 12.7 Å². The zero-order chi connectivity index (χ0) is 17.6. The Bertz CT molecular complexity index is 677. The molecule has 4 nitrogen and oxygen atoms in total. The van der Waals surface area contributed by atoms with Gasteiger partial charge in [-0.1, -0.05) is 18.2 Å². The van der Waals surface area contributed by atoms with Crippen molar-refractivity contribution in [1.82, 2.24) is 14.8 Å². The molecule has 1 unspecified atom stereocenters. The molecule has 0 bridgehead atoms. The second kappa shape index (κ2) is 8.52. The minimum absolute atomic E-state index is 0.187. The van der Waals surface area contributed by atoms with Gasteiger partial charge < -0.3 is 5.11 Å². The van der Waals surface area contributed by atoms with Crippen molar-refractivity contribution in [3.63, 3.8) is 0 Å². The second-order valence-electron chi connectivity index (χ2n) is 6.77. The highest BCUT2D eigenvalue weighted by atomic mass is 19.1. The highest BCUT2D eigenvalue weighted by Crippen LogP contribution is 2.18. The summed E-state index contributed by atoms with van der Waals surface area (Å²) in [5.74, 6) is -0.197. The third-order valence-electron chi connectivity index (χ3n) is 4.78. The molecule has 3 rings (SSSR count). The summed E-state index contributed by atoms with van der Waals surface area (Å²) in [7, 11) is 0. The number of nitrogens with zero attached hydrogens (tertiary/aromatic N) is 3. The van der Waals surface area contributed by atoms with E-state index in [1.54, 1.807) is 0 Å². The summed E-state index contributed by atoms with van der Waals surface area (Å²) in [5.41, 5.74) is 3.24. The largest absolute Gasteiger partial charge is 0.396 e. The van der Waals surface area contributed by atoms with E-state index in [9.17, 15) is 9.50 Å². The van der Waals surface area contributed by atoms with E-state index in [1.807, 2.05) is 31.2 Å². The summed E-state index contributed by atoms with van der Waals surface area (Å²) < 4.78 is 13.1. The molecule has 1 aromatic heterocycles. The monoisotopic (exact) mass is 343 g/mol. The summed E-state index contributed by atoms with van der Waals surface area (Å²) in [6, 6.07) is 13.1. The molecule has 0 aliphatic carbocycles. The average Bonchev–Trinajstić information content (AvgIpc) is 2.59. The molecule has 2 aromatic rings. The van der Waals surface area contributed by atoms with Gasteiger partial charge >= 0.3 is 0 Å². The SMILES string of the molecule is Cc1cccc(CN2CCN(Cc3ccc(F)cc3)CC2CCO)n1. The summed E-state index contributed by atoms with van der Waals surface area (Å²) in [6.07, 6.45) is 0.756. The lowest BCUT2D eigenvalue weighted by atomic mass is 10.1. The van der Waals surface area contributed by atoms with Gasteiger partial charge in [0.2, 0.25) is 0 Å². The van der Waals surface area contributed by atoms with Gasteiger partial charge in [0.15, 0.2) is 0 Å². The van der Waals surface area contributed by atoms with Gasteiger partial charge in [-0.2, -0.15) is 0 Å². The molecule has 2 heterocycles. The molecule has 0 saturated carbocycles. The van der Waals surface area contributed by atoms with Gasteiger partial charge in [-0.15, -0.1) is 0 Å². The van der Waals surface area contributed by atoms with Gasteiger partial charge in [0.05, 0.1) is 5.69 Å². The Morgan fingerprint density at radius 2 is 1.92 bits per heavy atom. The summed E-state index contributed by atoms with van der Waals surface area (Å²) in [5, 5.41) is 9.45. The van der Waals surface area contributed by atoms with Crippen LogP contribution in [0.2, 0.25) is 0 Å². The van der Waals surface area contributed by atoms with Crippen LogP contribution in [0.4, 0.5) is 4.39 Å². The molecule has 134 valence electrons. The van der Waals surface area contributed by atoms with Crippen molar-refractivity contribution in [3.8, 4) is 0 Å². The molecule has 5 heteroatoms. The van der Waals surface area contributed by atoms with Gasteiger partial charge in [-0.3, -0.25) is 14.8 Å². The Hall–Kier alpha value is -1.82. The van der Waals surface area contributed by atoms with Crippen LogP contribution < -0.4 is 0 Å². The summed E-state index contributed by atoms with van der Waals surface area (Å²) in [4.78, 5) is 9.40. The first kappa shape index (κ1) is 18.0. The van der Waals surface area contributed by atoms with E-state index in [1.165, 1.54) is 12.1 Å². The molecule has 1 aliphatic rings. The number of benzene rings is 1. The standard InChI is InChI=1S/C20H26FN3O/c1-16-3-2-4-19(22-16)14-24-11-10-23(15-20(24)9-12-25)13-17-5-7-18(21)8-6-17/h2-8,20,25H,9-15H2,1H3. The number of rotatable bonds is 6. The number of aliphatic hydroxyl groups is 1. The molecule has 0 spiro atoms. The van der Waals surface area contributed by atoms with E-state index < -0.39 is 0 Å². The first-order valence-electron chi connectivity index (χ1n) is 8.88. The molecular weight excluding hydrogens is 317 g/mol. The van der Waals surface area contributed by atoms with Crippen molar-refractivity contribution < 1.29 is 9.50 Å². The van der Waals surface area contributed by atoms with Crippen molar-refractivity contribution in [2.24, 2.45) is 0 Å². The fourth-order valence-electron chi connectivity index (χ4n) is 3.48. The van der Waals surface area contributed by atoms with Crippen LogP contribution in [-0.2, 0) is 13.1 Å². The Morgan fingerprint density at radius 1 is 1.12 bits per heavy atom. The fourth-order valence-corrected chi connectivity index (χ4v) is 3.48. The van der Waals surface area contributed by atoms with Crippen molar-refractivity contribution in [2.45, 2.75) is 32.5 Å². The predicted octanol–water partition coefficient (Wildman–Crippen LogP) is 2.60. The molecule has 1 atom stereocenters. The highest BCUT2D eigenvalue weighted by Gasteiger charge is 2.26. The average molecular weight is 343 g/mol. The lowest BCUT2D eigenvalue weighted by molar-refractivity contribution is 0.0491. The van der Waals surface area contributed by atoms with Crippen LogP contribution in [0.5, 0.6) is 0 Å². The van der Waals surface area contributed by atoms with Crippen LogP contribution in [0.3, 0.4) is 0 Å². The Kier molecular flexibility index (Phi) is 6.13. The highest BCUT2D eigenvalue weighted by molar-refractivity contribution is 5.16. The minimum Gasteiger partial charge on any atom is -0.396 e. The maximum Gasteiger partial charge on any atom is 0.123 e. The van der Waals surface area contributed by atoms with E-state index in [4.69, 9.17) is 0 Å². The third-order valence-corrected chi connectivity index (χ3v) is 4.78. The second-order valence-corrected chi connectivity index (χ2v) is 6.77. The van der Waals surface area contributed by atoms with E-state index >= 15 is 0 Å². The first-order valence-corrected chi connectivity index (χ1v) is 8.88. The maximum atomic E-state index is 13.1. The topological polar surface area (TPSA) is 39.6 Å². The quantitative estimate of drug-likeness (QED) is 0.875. The molecule has 25 heavy (non-hydrogen) atoms. The third kappa shape index (κ3) is 5.08. The summed E-state index contributed by atoms with van der Waals surface area (Å²) in [6.45, 7) is 6.65. The van der Waals surface area contributed by atoms with E-state index in [0.29, 0.717) is 6.04 Å². The van der Waals surface area contributed by atoms with Gasteiger partial charge in [0, 0.05) is 51.1 Å². The van der Waals surface area contributed by atoms with Crippen molar-refractivity contribution in [3.05, 3.63) is 65.2 Å². The van der Waals surface area contributed by atoms with Gasteiger partial charge in [-0.25, -0.2) is 4.39 Å². The number of aromatic nitrogens is 1. The van der Waals surface area contributed by atoms with Gasteiger partial charge in [-0.05, 0) is 43.2 Å². The van der Waals surface area contributed by atoms with Gasteiger partial charge in [0.1, 0.15) is 5.82 Å². The zero-order valence-corrected chi connectivity index (χ0v) is 14.7. The smallest absolute Gasteiger partial charge is 0.123 e. The maximum absolute atomic E-state index is 13.1. The number of halogens is 1. The molecule has 1 aliphatic heterocycles.